The molecule has 2 aromatic heterocycles. The van der Waals surface area contributed by atoms with Gasteiger partial charge in [-0.25, -0.2) is 4.98 Å². The molecular formula is C16H12N4O. The number of pyridine rings is 2. The topological polar surface area (TPSA) is 84.8 Å². The minimum absolute atomic E-state index is 0.256. The molecule has 3 rings (SSSR count). The van der Waals surface area contributed by atoms with E-state index >= 15 is 0 Å². The molecule has 5 nitrogen and oxygen atoms in total. The fourth-order valence-corrected chi connectivity index (χ4v) is 2.10. The zero-order valence-corrected chi connectivity index (χ0v) is 11.2. The van der Waals surface area contributed by atoms with Crippen LogP contribution in [0.2, 0.25) is 0 Å². The van der Waals surface area contributed by atoms with Gasteiger partial charge in [-0.2, -0.15) is 5.26 Å². The third-order valence-corrected chi connectivity index (χ3v) is 3.15. The smallest absolute Gasteiger partial charge is 0.147 e. The van der Waals surface area contributed by atoms with Crippen LogP contribution in [0.1, 0.15) is 11.3 Å². The molecule has 3 aromatic rings. The fourth-order valence-electron chi connectivity index (χ4n) is 2.10. The maximum atomic E-state index is 9.03. The van der Waals surface area contributed by atoms with Gasteiger partial charge in [0.2, 0.25) is 0 Å². The molecule has 2 N–H and O–H groups in total. The van der Waals surface area contributed by atoms with Gasteiger partial charge in [0, 0.05) is 29.0 Å². The maximum absolute atomic E-state index is 9.03. The number of nitrogen functional groups attached to an aromatic ring is 1. The molecule has 5 heteroatoms. The van der Waals surface area contributed by atoms with Crippen molar-refractivity contribution in [3.63, 3.8) is 0 Å². The van der Waals surface area contributed by atoms with E-state index in [-0.39, 0.29) is 6.61 Å². The summed E-state index contributed by atoms with van der Waals surface area (Å²) in [6.45, 7) is 0.256. The number of fused-ring (bicyclic) bond motifs is 1. The molecule has 0 saturated carbocycles. The van der Waals surface area contributed by atoms with Crippen LogP contribution in [-0.4, -0.2) is 9.97 Å². The van der Waals surface area contributed by atoms with Crippen LogP contribution in [0.4, 0.5) is 5.69 Å². The lowest BCUT2D eigenvalue weighted by Crippen LogP contribution is -2.01. The Morgan fingerprint density at radius 2 is 1.90 bits per heavy atom. The average Bonchev–Trinajstić information content (AvgIpc) is 2.55. The van der Waals surface area contributed by atoms with Crippen LogP contribution in [0.5, 0.6) is 5.75 Å². The van der Waals surface area contributed by atoms with E-state index in [0.717, 1.165) is 10.9 Å². The second kappa shape index (κ2) is 5.47. The number of benzene rings is 1. The average molecular weight is 276 g/mol. The zero-order valence-electron chi connectivity index (χ0n) is 11.2. The Morgan fingerprint density at radius 1 is 1.10 bits per heavy atom. The molecule has 0 unspecified atom stereocenters. The van der Waals surface area contributed by atoms with Crippen molar-refractivity contribution in [1.82, 2.24) is 9.97 Å². The van der Waals surface area contributed by atoms with Gasteiger partial charge >= 0.3 is 0 Å². The summed E-state index contributed by atoms with van der Waals surface area (Å²) in [5.41, 5.74) is 8.40. The van der Waals surface area contributed by atoms with Crippen LogP contribution >= 0.6 is 0 Å². The SMILES string of the molecule is N#Cc1ncccc1COc1ccc(N)c2cccnc12. The molecule has 0 bridgehead atoms. The van der Waals surface area contributed by atoms with Crippen LogP contribution in [0.3, 0.4) is 0 Å². The van der Waals surface area contributed by atoms with Crippen molar-refractivity contribution in [3.8, 4) is 11.8 Å². The summed E-state index contributed by atoms with van der Waals surface area (Å²) >= 11 is 0. The lowest BCUT2D eigenvalue weighted by atomic mass is 10.1. The predicted molar refractivity (Wildman–Crippen MR) is 79.4 cm³/mol. The van der Waals surface area contributed by atoms with E-state index in [0.29, 0.717) is 22.6 Å². The zero-order chi connectivity index (χ0) is 14.7. The molecule has 0 aliphatic carbocycles. The second-order valence-electron chi connectivity index (χ2n) is 4.46. The van der Waals surface area contributed by atoms with Crippen molar-refractivity contribution in [2.45, 2.75) is 6.61 Å². The summed E-state index contributed by atoms with van der Waals surface area (Å²) in [6.07, 6.45) is 3.28. The fraction of sp³-hybridized carbons (Fsp3) is 0.0625. The molecule has 0 fully saturated rings. The highest BCUT2D eigenvalue weighted by molar-refractivity contribution is 5.94. The van der Waals surface area contributed by atoms with Gasteiger partial charge in [-0.1, -0.05) is 6.07 Å². The largest absolute Gasteiger partial charge is 0.487 e. The van der Waals surface area contributed by atoms with Crippen molar-refractivity contribution in [2.24, 2.45) is 0 Å². The van der Waals surface area contributed by atoms with Crippen molar-refractivity contribution in [3.05, 3.63) is 60.0 Å². The highest BCUT2D eigenvalue weighted by Gasteiger charge is 2.08. The van der Waals surface area contributed by atoms with Crippen molar-refractivity contribution in [2.75, 3.05) is 5.73 Å². The Kier molecular flexibility index (Phi) is 3.36. The number of anilines is 1. The number of nitriles is 1. The third kappa shape index (κ3) is 2.47. The molecule has 2 heterocycles. The Hall–Kier alpha value is -3.13. The minimum Gasteiger partial charge on any atom is -0.487 e. The number of nitrogens with zero attached hydrogens (tertiary/aromatic N) is 3. The van der Waals surface area contributed by atoms with E-state index in [4.69, 9.17) is 15.7 Å². The number of ether oxygens (including phenoxy) is 1. The normalized spacial score (nSPS) is 10.2. The molecule has 21 heavy (non-hydrogen) atoms. The number of nitrogens with two attached hydrogens (primary N) is 1. The van der Waals surface area contributed by atoms with Crippen molar-refractivity contribution in [1.29, 1.82) is 5.26 Å². The Labute approximate surface area is 121 Å². The monoisotopic (exact) mass is 276 g/mol. The van der Waals surface area contributed by atoms with Gasteiger partial charge in [0.25, 0.3) is 0 Å². The summed E-state index contributed by atoms with van der Waals surface area (Å²) in [7, 11) is 0. The lowest BCUT2D eigenvalue weighted by molar-refractivity contribution is 0.308. The van der Waals surface area contributed by atoms with Gasteiger partial charge in [0.05, 0.1) is 0 Å². The first kappa shape index (κ1) is 12.9. The lowest BCUT2D eigenvalue weighted by Gasteiger charge is -2.10. The number of hydrogen-bond donors (Lipinski definition) is 1. The maximum Gasteiger partial charge on any atom is 0.147 e. The molecule has 0 spiro atoms. The molecule has 0 radical (unpaired) electrons. The standard InChI is InChI=1S/C16H12N4O/c17-9-14-11(3-1-7-19-14)10-21-15-6-5-13(18)12-4-2-8-20-16(12)15/h1-8H,10,18H2. The summed E-state index contributed by atoms with van der Waals surface area (Å²) in [5.74, 6) is 0.632. The van der Waals surface area contributed by atoms with Gasteiger partial charge in [-0.15, -0.1) is 0 Å². The van der Waals surface area contributed by atoms with E-state index in [1.54, 1.807) is 30.6 Å². The highest BCUT2D eigenvalue weighted by atomic mass is 16.5. The molecule has 0 aliphatic heterocycles. The van der Waals surface area contributed by atoms with Gasteiger partial charge < -0.3 is 10.5 Å². The first-order valence-electron chi connectivity index (χ1n) is 6.39. The number of aromatic nitrogens is 2. The molecule has 0 atom stereocenters. The van der Waals surface area contributed by atoms with E-state index in [1.807, 2.05) is 18.2 Å². The van der Waals surface area contributed by atoms with Gasteiger partial charge in [-0.05, 0) is 30.3 Å². The Balaban J connectivity index is 1.93. The number of rotatable bonds is 3. The molecule has 0 saturated heterocycles. The van der Waals surface area contributed by atoms with Crippen LogP contribution in [-0.2, 0) is 6.61 Å². The van der Waals surface area contributed by atoms with Crippen molar-refractivity contribution < 1.29 is 4.74 Å². The Morgan fingerprint density at radius 3 is 2.76 bits per heavy atom. The van der Waals surface area contributed by atoms with E-state index < -0.39 is 0 Å². The number of hydrogen-bond acceptors (Lipinski definition) is 5. The van der Waals surface area contributed by atoms with Crippen LogP contribution in [0.15, 0.2) is 48.8 Å². The van der Waals surface area contributed by atoms with E-state index in [1.165, 1.54) is 0 Å². The molecule has 1 aromatic carbocycles. The predicted octanol–water partition coefficient (Wildman–Crippen LogP) is 2.66. The Bertz CT molecular complexity index is 839. The summed E-state index contributed by atoms with van der Waals surface area (Å²) in [6, 6.07) is 12.9. The van der Waals surface area contributed by atoms with Crippen LogP contribution in [0.25, 0.3) is 10.9 Å². The highest BCUT2D eigenvalue weighted by Crippen LogP contribution is 2.28. The molecule has 0 amide bonds. The summed E-state index contributed by atoms with van der Waals surface area (Å²) in [4.78, 5) is 8.32. The van der Waals surface area contributed by atoms with Crippen LogP contribution in [0, 0.1) is 11.3 Å². The molecule has 0 aliphatic rings. The quantitative estimate of drug-likeness (QED) is 0.743. The van der Waals surface area contributed by atoms with Gasteiger partial charge in [-0.3, -0.25) is 4.98 Å². The van der Waals surface area contributed by atoms with Crippen molar-refractivity contribution >= 4 is 16.6 Å². The van der Waals surface area contributed by atoms with Gasteiger partial charge in [0.1, 0.15) is 29.6 Å². The first-order chi connectivity index (χ1) is 10.3. The summed E-state index contributed by atoms with van der Waals surface area (Å²) in [5, 5.41) is 9.88. The van der Waals surface area contributed by atoms with Crippen LogP contribution < -0.4 is 10.5 Å². The van der Waals surface area contributed by atoms with Gasteiger partial charge in [0.15, 0.2) is 0 Å². The second-order valence-corrected chi connectivity index (χ2v) is 4.46. The third-order valence-electron chi connectivity index (χ3n) is 3.15. The van der Waals surface area contributed by atoms with E-state index in [9.17, 15) is 0 Å². The van der Waals surface area contributed by atoms with E-state index in [2.05, 4.69) is 16.0 Å². The summed E-state index contributed by atoms with van der Waals surface area (Å²) < 4.78 is 5.79. The molecular weight excluding hydrogens is 264 g/mol. The molecule has 102 valence electrons. The first-order valence-corrected chi connectivity index (χ1v) is 6.39. The minimum atomic E-state index is 0.256.